The minimum atomic E-state index is -0.0327. The van der Waals surface area contributed by atoms with Gasteiger partial charge >= 0.3 is 0 Å². The van der Waals surface area contributed by atoms with Gasteiger partial charge in [-0.15, -0.1) is 0 Å². The van der Waals surface area contributed by atoms with Gasteiger partial charge in [-0.1, -0.05) is 12.1 Å². The minimum Gasteiger partial charge on any atom is -0.493 e. The van der Waals surface area contributed by atoms with Crippen molar-refractivity contribution in [2.75, 3.05) is 25.7 Å². The molecule has 1 rings (SSSR count). The van der Waals surface area contributed by atoms with E-state index in [1.807, 2.05) is 18.2 Å². The number of thioether (sulfide) groups is 1. The van der Waals surface area contributed by atoms with Crippen LogP contribution >= 0.6 is 11.8 Å². The van der Waals surface area contributed by atoms with Gasteiger partial charge in [0, 0.05) is 5.56 Å². The first-order valence-electron chi connectivity index (χ1n) is 5.22. The van der Waals surface area contributed by atoms with Gasteiger partial charge in [-0.25, -0.2) is 0 Å². The molecule has 1 aromatic carbocycles. The highest BCUT2D eigenvalue weighted by atomic mass is 32.2. The van der Waals surface area contributed by atoms with Gasteiger partial charge in [0.15, 0.2) is 11.5 Å². The summed E-state index contributed by atoms with van der Waals surface area (Å²) in [5.41, 5.74) is 0.767. The summed E-state index contributed by atoms with van der Waals surface area (Å²) in [6.07, 6.45) is 3.06. The van der Waals surface area contributed by atoms with Crippen LogP contribution in [0.4, 0.5) is 0 Å². The highest BCUT2D eigenvalue weighted by Crippen LogP contribution is 2.31. The first kappa shape index (κ1) is 13.2. The molecule has 0 spiro atoms. The summed E-state index contributed by atoms with van der Waals surface area (Å²) in [6, 6.07) is 5.52. The Morgan fingerprint density at radius 2 is 2.19 bits per heavy atom. The Labute approximate surface area is 101 Å². The summed E-state index contributed by atoms with van der Waals surface area (Å²) < 4.78 is 10.9. The van der Waals surface area contributed by atoms with E-state index in [1.54, 1.807) is 18.9 Å². The standard InChI is InChI=1S/C12H18O3S/c1-14-11-6-3-5-10(9-13)12(11)15-7-4-8-16-2/h3,5-6,13H,4,7-9H2,1-2H3. The van der Waals surface area contributed by atoms with Crippen LogP contribution in [-0.2, 0) is 6.61 Å². The summed E-state index contributed by atoms with van der Waals surface area (Å²) in [5, 5.41) is 9.20. The number of rotatable bonds is 7. The van der Waals surface area contributed by atoms with Crippen molar-refractivity contribution >= 4 is 11.8 Å². The summed E-state index contributed by atoms with van der Waals surface area (Å²) in [5.74, 6) is 2.41. The van der Waals surface area contributed by atoms with Gasteiger partial charge < -0.3 is 14.6 Å². The average molecular weight is 242 g/mol. The van der Waals surface area contributed by atoms with Crippen LogP contribution in [0.2, 0.25) is 0 Å². The fourth-order valence-electron chi connectivity index (χ4n) is 1.39. The lowest BCUT2D eigenvalue weighted by molar-refractivity contribution is 0.255. The molecule has 1 N–H and O–H groups in total. The van der Waals surface area contributed by atoms with Crippen molar-refractivity contribution in [2.45, 2.75) is 13.0 Å². The van der Waals surface area contributed by atoms with Gasteiger partial charge in [-0.05, 0) is 24.5 Å². The number of hydrogen-bond acceptors (Lipinski definition) is 4. The fraction of sp³-hybridized carbons (Fsp3) is 0.500. The second kappa shape index (κ2) is 7.41. The first-order chi connectivity index (χ1) is 7.83. The molecule has 0 radical (unpaired) electrons. The Morgan fingerprint density at radius 3 is 2.81 bits per heavy atom. The number of ether oxygens (including phenoxy) is 2. The molecule has 0 aliphatic heterocycles. The zero-order valence-corrected chi connectivity index (χ0v) is 10.5. The van der Waals surface area contributed by atoms with Crippen molar-refractivity contribution in [1.82, 2.24) is 0 Å². The molecule has 4 heteroatoms. The van der Waals surface area contributed by atoms with Crippen LogP contribution in [-0.4, -0.2) is 30.8 Å². The van der Waals surface area contributed by atoms with Crippen molar-refractivity contribution in [1.29, 1.82) is 0 Å². The van der Waals surface area contributed by atoms with Crippen LogP contribution in [0.25, 0.3) is 0 Å². The van der Waals surface area contributed by atoms with Crippen LogP contribution in [0.1, 0.15) is 12.0 Å². The van der Waals surface area contributed by atoms with Crippen molar-refractivity contribution in [3.8, 4) is 11.5 Å². The summed E-state index contributed by atoms with van der Waals surface area (Å²) >= 11 is 1.80. The Balaban J connectivity index is 2.67. The lowest BCUT2D eigenvalue weighted by Gasteiger charge is -2.13. The SMILES string of the molecule is COc1cccc(CO)c1OCCCSC. The monoisotopic (exact) mass is 242 g/mol. The highest BCUT2D eigenvalue weighted by Gasteiger charge is 2.09. The van der Waals surface area contributed by atoms with E-state index in [9.17, 15) is 5.11 Å². The molecule has 0 aromatic heterocycles. The maximum atomic E-state index is 9.20. The molecule has 0 bridgehead atoms. The van der Waals surface area contributed by atoms with E-state index in [4.69, 9.17) is 9.47 Å². The minimum absolute atomic E-state index is 0.0327. The molecule has 0 aliphatic carbocycles. The van der Waals surface area contributed by atoms with Crippen LogP contribution in [0, 0.1) is 0 Å². The summed E-state index contributed by atoms with van der Waals surface area (Å²) in [7, 11) is 1.60. The van der Waals surface area contributed by atoms with E-state index < -0.39 is 0 Å². The van der Waals surface area contributed by atoms with E-state index in [0.717, 1.165) is 17.7 Å². The van der Waals surface area contributed by atoms with Gasteiger partial charge in [0.05, 0.1) is 20.3 Å². The number of benzene rings is 1. The predicted molar refractivity (Wildman–Crippen MR) is 67.4 cm³/mol. The third-order valence-corrected chi connectivity index (χ3v) is 2.89. The number of para-hydroxylation sites is 1. The van der Waals surface area contributed by atoms with Crippen molar-refractivity contribution in [3.05, 3.63) is 23.8 Å². The Bertz CT molecular complexity index is 293. The molecule has 0 heterocycles. The van der Waals surface area contributed by atoms with Gasteiger partial charge in [0.1, 0.15) is 0 Å². The first-order valence-corrected chi connectivity index (χ1v) is 6.61. The van der Waals surface area contributed by atoms with E-state index in [-0.39, 0.29) is 6.61 Å². The normalized spacial score (nSPS) is 10.2. The molecular weight excluding hydrogens is 224 g/mol. The lowest BCUT2D eigenvalue weighted by atomic mass is 10.2. The van der Waals surface area contributed by atoms with E-state index >= 15 is 0 Å². The molecular formula is C12H18O3S. The van der Waals surface area contributed by atoms with E-state index in [0.29, 0.717) is 18.1 Å². The lowest BCUT2D eigenvalue weighted by Crippen LogP contribution is -2.03. The number of hydrogen-bond donors (Lipinski definition) is 1. The molecule has 0 atom stereocenters. The Kier molecular flexibility index (Phi) is 6.11. The second-order valence-corrected chi connectivity index (χ2v) is 4.29. The zero-order valence-electron chi connectivity index (χ0n) is 9.73. The van der Waals surface area contributed by atoms with Crippen molar-refractivity contribution in [2.24, 2.45) is 0 Å². The molecule has 0 amide bonds. The predicted octanol–water partition coefficient (Wildman–Crippen LogP) is 2.32. The fourth-order valence-corrected chi connectivity index (χ4v) is 1.79. The quantitative estimate of drug-likeness (QED) is 0.745. The topological polar surface area (TPSA) is 38.7 Å². The largest absolute Gasteiger partial charge is 0.493 e. The van der Waals surface area contributed by atoms with Gasteiger partial charge in [0.25, 0.3) is 0 Å². The smallest absolute Gasteiger partial charge is 0.166 e. The van der Waals surface area contributed by atoms with E-state index in [2.05, 4.69) is 6.26 Å². The van der Waals surface area contributed by atoms with Crippen LogP contribution < -0.4 is 9.47 Å². The van der Waals surface area contributed by atoms with Gasteiger partial charge in [-0.3, -0.25) is 0 Å². The number of methoxy groups -OCH3 is 1. The molecule has 0 aliphatic rings. The van der Waals surface area contributed by atoms with Gasteiger partial charge in [0.2, 0.25) is 0 Å². The van der Waals surface area contributed by atoms with Crippen LogP contribution in [0.3, 0.4) is 0 Å². The highest BCUT2D eigenvalue weighted by molar-refractivity contribution is 7.98. The number of aliphatic hydroxyl groups excluding tert-OH is 1. The summed E-state index contributed by atoms with van der Waals surface area (Å²) in [6.45, 7) is 0.614. The van der Waals surface area contributed by atoms with Crippen LogP contribution in [0.5, 0.6) is 11.5 Å². The molecule has 0 saturated carbocycles. The number of aliphatic hydroxyl groups is 1. The van der Waals surface area contributed by atoms with E-state index in [1.165, 1.54) is 0 Å². The van der Waals surface area contributed by atoms with Gasteiger partial charge in [-0.2, -0.15) is 11.8 Å². The third kappa shape index (κ3) is 3.61. The molecule has 3 nitrogen and oxygen atoms in total. The molecule has 1 aromatic rings. The Hall–Kier alpha value is -0.870. The second-order valence-electron chi connectivity index (χ2n) is 3.30. The molecule has 90 valence electrons. The molecule has 0 saturated heterocycles. The molecule has 16 heavy (non-hydrogen) atoms. The maximum Gasteiger partial charge on any atom is 0.166 e. The Morgan fingerprint density at radius 1 is 1.38 bits per heavy atom. The molecule has 0 fully saturated rings. The third-order valence-electron chi connectivity index (χ3n) is 2.19. The van der Waals surface area contributed by atoms with Crippen molar-refractivity contribution in [3.63, 3.8) is 0 Å². The molecule has 0 unspecified atom stereocenters. The average Bonchev–Trinajstić information content (AvgIpc) is 2.34. The zero-order chi connectivity index (χ0) is 11.8. The maximum absolute atomic E-state index is 9.20. The summed E-state index contributed by atoms with van der Waals surface area (Å²) in [4.78, 5) is 0. The van der Waals surface area contributed by atoms with Crippen molar-refractivity contribution < 1.29 is 14.6 Å². The van der Waals surface area contributed by atoms with Crippen LogP contribution in [0.15, 0.2) is 18.2 Å².